The van der Waals surface area contributed by atoms with E-state index in [1.165, 1.54) is 31.2 Å². The lowest BCUT2D eigenvalue weighted by molar-refractivity contribution is 0.107. The number of guanidine groups is 1. The normalized spacial score (nSPS) is 16.8. The fraction of sp³-hybridized carbons (Fsp3) is 0.800. The van der Waals surface area contributed by atoms with E-state index in [-0.39, 0.29) is 0 Å². The third-order valence-corrected chi connectivity index (χ3v) is 5.18. The van der Waals surface area contributed by atoms with E-state index in [1.807, 2.05) is 10.9 Å². The van der Waals surface area contributed by atoms with Gasteiger partial charge in [0, 0.05) is 45.6 Å². The van der Waals surface area contributed by atoms with Crippen LogP contribution < -0.4 is 10.6 Å². The molecule has 2 rings (SSSR count). The zero-order valence-corrected chi connectivity index (χ0v) is 16.9. The van der Waals surface area contributed by atoms with Crippen LogP contribution in [0.1, 0.15) is 57.9 Å². The number of hydrogen-bond acceptors (Lipinski definition) is 3. The molecule has 1 heterocycles. The predicted molar refractivity (Wildman–Crippen MR) is 108 cm³/mol. The van der Waals surface area contributed by atoms with E-state index in [4.69, 9.17) is 9.73 Å². The number of ether oxygens (including phenoxy) is 1. The minimum Gasteiger partial charge on any atom is -0.382 e. The highest BCUT2D eigenvalue weighted by Crippen LogP contribution is 2.41. The summed E-state index contributed by atoms with van der Waals surface area (Å²) in [5, 5.41) is 11.2. The second-order valence-corrected chi connectivity index (χ2v) is 7.41. The summed E-state index contributed by atoms with van der Waals surface area (Å²) in [5.74, 6) is 0.937. The van der Waals surface area contributed by atoms with E-state index in [1.54, 1.807) is 0 Å². The van der Waals surface area contributed by atoms with Gasteiger partial charge in [0.05, 0.1) is 6.20 Å². The Kier molecular flexibility index (Phi) is 8.95. The van der Waals surface area contributed by atoms with Crippen molar-refractivity contribution in [3.8, 4) is 0 Å². The first-order chi connectivity index (χ1) is 12.7. The zero-order valence-electron chi connectivity index (χ0n) is 16.9. The van der Waals surface area contributed by atoms with Gasteiger partial charge in [0.1, 0.15) is 0 Å². The van der Waals surface area contributed by atoms with Gasteiger partial charge in [0.2, 0.25) is 0 Å². The maximum absolute atomic E-state index is 5.61. The number of rotatable bonds is 11. The minimum atomic E-state index is 0.337. The molecule has 0 aromatic carbocycles. The fourth-order valence-electron chi connectivity index (χ4n) is 3.67. The molecule has 0 aliphatic heterocycles. The molecule has 1 aromatic rings. The van der Waals surface area contributed by atoms with Crippen molar-refractivity contribution in [1.29, 1.82) is 0 Å². The van der Waals surface area contributed by atoms with E-state index in [9.17, 15) is 0 Å². The number of aryl methyl sites for hydroxylation is 2. The van der Waals surface area contributed by atoms with Crippen LogP contribution in [0.15, 0.2) is 17.4 Å². The number of nitrogens with zero attached hydrogens (tertiary/aromatic N) is 3. The first-order valence-electron chi connectivity index (χ1n) is 10.3. The van der Waals surface area contributed by atoms with E-state index < -0.39 is 0 Å². The molecule has 148 valence electrons. The van der Waals surface area contributed by atoms with Crippen LogP contribution >= 0.6 is 0 Å². The zero-order chi connectivity index (χ0) is 18.7. The molecule has 0 saturated heterocycles. The summed E-state index contributed by atoms with van der Waals surface area (Å²) in [5.41, 5.74) is 1.55. The minimum absolute atomic E-state index is 0.337. The Labute approximate surface area is 158 Å². The van der Waals surface area contributed by atoms with Crippen molar-refractivity contribution in [3.63, 3.8) is 0 Å². The Morgan fingerprint density at radius 2 is 2.12 bits per heavy atom. The molecule has 1 aliphatic carbocycles. The summed E-state index contributed by atoms with van der Waals surface area (Å²) in [7, 11) is 0. The van der Waals surface area contributed by atoms with Crippen LogP contribution in [-0.4, -0.2) is 48.6 Å². The summed E-state index contributed by atoms with van der Waals surface area (Å²) in [6, 6.07) is 0. The van der Waals surface area contributed by atoms with Crippen molar-refractivity contribution in [2.24, 2.45) is 10.4 Å². The van der Waals surface area contributed by atoms with Gasteiger partial charge in [-0.3, -0.25) is 9.67 Å². The highest BCUT2D eigenvalue weighted by Gasteiger charge is 2.33. The van der Waals surface area contributed by atoms with Gasteiger partial charge in [0.15, 0.2) is 5.96 Å². The monoisotopic (exact) mass is 363 g/mol. The Balaban J connectivity index is 1.79. The van der Waals surface area contributed by atoms with Crippen molar-refractivity contribution < 1.29 is 4.74 Å². The number of hydrogen-bond donors (Lipinski definition) is 2. The Morgan fingerprint density at radius 1 is 1.31 bits per heavy atom. The number of aliphatic imine (C=N–C) groups is 1. The van der Waals surface area contributed by atoms with Crippen LogP contribution in [-0.2, 0) is 11.3 Å². The molecule has 0 atom stereocenters. The summed E-state index contributed by atoms with van der Waals surface area (Å²) in [4.78, 5) is 4.91. The molecule has 0 bridgehead atoms. The lowest BCUT2D eigenvalue weighted by atomic mass is 9.83. The molecule has 26 heavy (non-hydrogen) atoms. The van der Waals surface area contributed by atoms with Gasteiger partial charge in [-0.05, 0) is 57.4 Å². The van der Waals surface area contributed by atoms with Gasteiger partial charge in [-0.2, -0.15) is 5.10 Å². The lowest BCUT2D eigenvalue weighted by Gasteiger charge is -2.27. The van der Waals surface area contributed by atoms with Crippen molar-refractivity contribution in [1.82, 2.24) is 20.4 Å². The Bertz CT molecular complexity index is 534. The van der Waals surface area contributed by atoms with Gasteiger partial charge in [-0.15, -0.1) is 0 Å². The third kappa shape index (κ3) is 6.98. The molecule has 1 saturated carbocycles. The van der Waals surface area contributed by atoms with Crippen LogP contribution in [0.4, 0.5) is 0 Å². The summed E-state index contributed by atoms with van der Waals surface area (Å²) in [6.45, 7) is 11.5. The van der Waals surface area contributed by atoms with E-state index in [0.717, 1.165) is 58.2 Å². The average molecular weight is 364 g/mol. The molecule has 0 amide bonds. The van der Waals surface area contributed by atoms with Gasteiger partial charge in [-0.25, -0.2) is 0 Å². The number of aromatic nitrogens is 2. The fourth-order valence-corrected chi connectivity index (χ4v) is 3.67. The van der Waals surface area contributed by atoms with Crippen molar-refractivity contribution >= 4 is 5.96 Å². The highest BCUT2D eigenvalue weighted by molar-refractivity contribution is 5.79. The molecule has 1 fully saturated rings. The Hall–Kier alpha value is -1.56. The molecule has 0 unspecified atom stereocenters. The van der Waals surface area contributed by atoms with Crippen LogP contribution in [0.5, 0.6) is 0 Å². The topological polar surface area (TPSA) is 63.5 Å². The second-order valence-electron chi connectivity index (χ2n) is 7.41. The van der Waals surface area contributed by atoms with Crippen molar-refractivity contribution in [3.05, 3.63) is 18.0 Å². The molecule has 0 spiro atoms. The van der Waals surface area contributed by atoms with Crippen LogP contribution in [0.3, 0.4) is 0 Å². The molecular formula is C20H37N5O. The summed E-state index contributed by atoms with van der Waals surface area (Å²) >= 11 is 0. The van der Waals surface area contributed by atoms with Crippen LogP contribution in [0.2, 0.25) is 0 Å². The van der Waals surface area contributed by atoms with Gasteiger partial charge in [-0.1, -0.05) is 12.8 Å². The molecular weight excluding hydrogens is 326 g/mol. The molecule has 2 N–H and O–H groups in total. The maximum Gasteiger partial charge on any atom is 0.191 e. The standard InChI is InChI=1S/C20H37N5O/c1-4-21-19(22-12-8-13-25-16-18(3)15-24-25)23-17-20(9-6-7-10-20)11-14-26-5-2/h15-16H,4-14,17H2,1-3H3,(H2,21,22,23). The lowest BCUT2D eigenvalue weighted by Crippen LogP contribution is -2.39. The number of nitrogens with one attached hydrogen (secondary N) is 2. The third-order valence-electron chi connectivity index (χ3n) is 5.18. The smallest absolute Gasteiger partial charge is 0.191 e. The maximum atomic E-state index is 5.61. The second kappa shape index (κ2) is 11.2. The van der Waals surface area contributed by atoms with Gasteiger partial charge >= 0.3 is 0 Å². The van der Waals surface area contributed by atoms with E-state index in [2.05, 4.69) is 42.7 Å². The first kappa shape index (κ1) is 20.7. The molecule has 1 aliphatic rings. The molecule has 6 heteroatoms. The van der Waals surface area contributed by atoms with Gasteiger partial charge < -0.3 is 15.4 Å². The van der Waals surface area contributed by atoms with Crippen LogP contribution in [0, 0.1) is 12.3 Å². The van der Waals surface area contributed by atoms with E-state index in [0.29, 0.717) is 5.41 Å². The highest BCUT2D eigenvalue weighted by atomic mass is 16.5. The van der Waals surface area contributed by atoms with Gasteiger partial charge in [0.25, 0.3) is 0 Å². The summed E-state index contributed by atoms with van der Waals surface area (Å²) in [6.07, 6.45) is 11.4. The molecule has 6 nitrogen and oxygen atoms in total. The van der Waals surface area contributed by atoms with Crippen molar-refractivity contribution in [2.75, 3.05) is 32.8 Å². The first-order valence-corrected chi connectivity index (χ1v) is 10.3. The quantitative estimate of drug-likeness (QED) is 0.360. The van der Waals surface area contributed by atoms with E-state index >= 15 is 0 Å². The Morgan fingerprint density at radius 3 is 2.77 bits per heavy atom. The molecule has 1 aromatic heterocycles. The van der Waals surface area contributed by atoms with Crippen LogP contribution in [0.25, 0.3) is 0 Å². The molecule has 0 radical (unpaired) electrons. The largest absolute Gasteiger partial charge is 0.382 e. The average Bonchev–Trinajstić information content (AvgIpc) is 3.26. The predicted octanol–water partition coefficient (Wildman–Crippen LogP) is 3.12. The SMILES string of the molecule is CCNC(=NCC1(CCOCC)CCCC1)NCCCn1cc(C)cn1. The summed E-state index contributed by atoms with van der Waals surface area (Å²) < 4.78 is 7.61. The van der Waals surface area contributed by atoms with Crippen molar-refractivity contribution in [2.45, 2.75) is 65.8 Å².